The van der Waals surface area contributed by atoms with Crippen LogP contribution in [0.25, 0.3) is 0 Å². The van der Waals surface area contributed by atoms with Crippen molar-refractivity contribution in [3.63, 3.8) is 0 Å². The van der Waals surface area contributed by atoms with E-state index in [1.807, 2.05) is 13.8 Å². The van der Waals surface area contributed by atoms with Crippen molar-refractivity contribution in [3.8, 4) is 0 Å². The zero-order valence-corrected chi connectivity index (χ0v) is 17.7. The van der Waals surface area contributed by atoms with Gasteiger partial charge in [0.1, 0.15) is 12.0 Å². The lowest BCUT2D eigenvalue weighted by atomic mass is 10.0. The molecule has 164 valence electrons. The Balaban J connectivity index is 1.63. The number of rotatable bonds is 7. The summed E-state index contributed by atoms with van der Waals surface area (Å²) in [7, 11) is 0. The van der Waals surface area contributed by atoms with Crippen LogP contribution in [0.4, 0.5) is 0 Å². The van der Waals surface area contributed by atoms with Crippen LogP contribution >= 0.6 is 0 Å². The average molecular weight is 418 g/mol. The molecule has 0 spiro atoms. The zero-order valence-electron chi connectivity index (χ0n) is 17.7. The Kier molecular flexibility index (Phi) is 8.01. The summed E-state index contributed by atoms with van der Waals surface area (Å²) >= 11 is 0. The lowest BCUT2D eigenvalue weighted by molar-refractivity contribution is 0.0493. The molecule has 2 aromatic heterocycles. The maximum atomic E-state index is 12.7. The molecule has 0 aromatic carbocycles. The molecule has 0 aliphatic carbocycles. The second kappa shape index (κ2) is 10.9. The lowest BCUT2D eigenvalue weighted by Gasteiger charge is -2.08. The Bertz CT molecular complexity index is 858. The van der Waals surface area contributed by atoms with Gasteiger partial charge in [-0.2, -0.15) is 5.10 Å². The number of esters is 1. The van der Waals surface area contributed by atoms with Gasteiger partial charge in [0, 0.05) is 38.3 Å². The van der Waals surface area contributed by atoms with Crippen LogP contribution in [-0.4, -0.2) is 53.0 Å². The first kappa shape index (κ1) is 22.0. The van der Waals surface area contributed by atoms with Crippen LogP contribution in [0.1, 0.15) is 71.2 Å². The van der Waals surface area contributed by atoms with E-state index < -0.39 is 5.97 Å². The van der Waals surface area contributed by atoms with Crippen LogP contribution in [0.15, 0.2) is 10.7 Å². The van der Waals surface area contributed by atoms with Gasteiger partial charge in [-0.1, -0.05) is 6.92 Å². The van der Waals surface area contributed by atoms with Crippen molar-refractivity contribution >= 4 is 11.9 Å². The molecule has 0 bridgehead atoms. The number of fused-ring (bicyclic) bond motifs is 1. The van der Waals surface area contributed by atoms with Crippen molar-refractivity contribution in [2.24, 2.45) is 0 Å². The van der Waals surface area contributed by atoms with E-state index in [0.29, 0.717) is 57.2 Å². The summed E-state index contributed by atoms with van der Waals surface area (Å²) in [4.78, 5) is 28.9. The number of hydrogen-bond donors (Lipinski definition) is 1. The van der Waals surface area contributed by atoms with Gasteiger partial charge in [-0.25, -0.2) is 9.78 Å². The highest BCUT2D eigenvalue weighted by molar-refractivity contribution is 5.94. The number of aromatic nitrogens is 3. The van der Waals surface area contributed by atoms with E-state index in [-0.39, 0.29) is 18.2 Å². The van der Waals surface area contributed by atoms with E-state index >= 15 is 0 Å². The molecule has 1 aliphatic heterocycles. The van der Waals surface area contributed by atoms with Crippen molar-refractivity contribution in [2.45, 2.75) is 58.9 Å². The van der Waals surface area contributed by atoms with E-state index in [9.17, 15) is 9.59 Å². The molecule has 0 saturated carbocycles. The first-order valence-electron chi connectivity index (χ1n) is 10.7. The Morgan fingerprint density at radius 1 is 1.30 bits per heavy atom. The molecular weight excluding hydrogens is 388 g/mol. The normalized spacial score (nSPS) is 15.2. The molecule has 9 heteroatoms. The predicted molar refractivity (Wildman–Crippen MR) is 108 cm³/mol. The maximum absolute atomic E-state index is 12.7. The first-order chi connectivity index (χ1) is 14.6. The number of nitrogens with one attached hydrogen (secondary N) is 1. The Labute approximate surface area is 176 Å². The van der Waals surface area contributed by atoms with Crippen LogP contribution in [0.2, 0.25) is 0 Å². The van der Waals surface area contributed by atoms with Gasteiger partial charge >= 0.3 is 5.97 Å². The first-order valence-corrected chi connectivity index (χ1v) is 10.7. The van der Waals surface area contributed by atoms with Gasteiger partial charge in [-0.05, 0) is 39.0 Å². The summed E-state index contributed by atoms with van der Waals surface area (Å²) < 4.78 is 17.9. The minimum atomic E-state index is -0.492. The van der Waals surface area contributed by atoms with E-state index in [1.165, 1.54) is 6.26 Å². The molecule has 0 radical (unpaired) electrons. The fourth-order valence-corrected chi connectivity index (χ4v) is 3.45. The topological polar surface area (TPSA) is 108 Å². The lowest BCUT2D eigenvalue weighted by Crippen LogP contribution is -2.28. The van der Waals surface area contributed by atoms with Gasteiger partial charge in [0.05, 0.1) is 12.3 Å². The molecule has 0 saturated heterocycles. The molecule has 0 unspecified atom stereocenters. The number of ether oxygens (including phenoxy) is 2. The fourth-order valence-electron chi connectivity index (χ4n) is 3.45. The number of hydrogen-bond acceptors (Lipinski definition) is 7. The number of amides is 1. The highest BCUT2D eigenvalue weighted by Gasteiger charge is 2.23. The molecular formula is C21H30N4O5. The smallest absolute Gasteiger partial charge is 0.360 e. The number of carbonyl (C=O) groups is 2. The van der Waals surface area contributed by atoms with E-state index in [2.05, 4.69) is 15.4 Å². The van der Waals surface area contributed by atoms with Crippen molar-refractivity contribution in [1.29, 1.82) is 0 Å². The van der Waals surface area contributed by atoms with Crippen LogP contribution in [-0.2, 0) is 35.3 Å². The van der Waals surface area contributed by atoms with Crippen LogP contribution in [0.3, 0.4) is 0 Å². The van der Waals surface area contributed by atoms with Crippen LogP contribution in [0, 0.1) is 0 Å². The van der Waals surface area contributed by atoms with Gasteiger partial charge in [0.25, 0.3) is 5.91 Å². The molecule has 0 fully saturated rings. The highest BCUT2D eigenvalue weighted by Crippen LogP contribution is 2.19. The Morgan fingerprint density at radius 2 is 2.13 bits per heavy atom. The average Bonchev–Trinajstić information content (AvgIpc) is 3.36. The van der Waals surface area contributed by atoms with E-state index in [0.717, 1.165) is 30.5 Å². The molecule has 9 nitrogen and oxygen atoms in total. The third kappa shape index (κ3) is 5.47. The number of aryl methyl sites for hydroxylation is 3. The Hall–Kier alpha value is -2.68. The van der Waals surface area contributed by atoms with Crippen LogP contribution in [0.5, 0.6) is 0 Å². The summed E-state index contributed by atoms with van der Waals surface area (Å²) in [6, 6.07) is 0. The van der Waals surface area contributed by atoms with Gasteiger partial charge in [-0.15, -0.1) is 0 Å². The zero-order chi connectivity index (χ0) is 21.3. The molecule has 1 amide bonds. The molecule has 1 aliphatic rings. The van der Waals surface area contributed by atoms with E-state index in [1.54, 1.807) is 4.68 Å². The number of carbonyl (C=O) groups excluding carboxylic acids is 2. The van der Waals surface area contributed by atoms with Gasteiger partial charge in [-0.3, -0.25) is 9.48 Å². The Morgan fingerprint density at radius 3 is 2.90 bits per heavy atom. The maximum Gasteiger partial charge on any atom is 0.360 e. The van der Waals surface area contributed by atoms with Crippen LogP contribution < -0.4 is 5.32 Å². The molecule has 1 N–H and O–H groups in total. The monoisotopic (exact) mass is 418 g/mol. The van der Waals surface area contributed by atoms with Crippen molar-refractivity contribution in [2.75, 3.05) is 26.4 Å². The highest BCUT2D eigenvalue weighted by atomic mass is 16.5. The fraction of sp³-hybridized carbons (Fsp3) is 0.619. The van der Waals surface area contributed by atoms with Gasteiger partial charge in [0.2, 0.25) is 0 Å². The summed E-state index contributed by atoms with van der Waals surface area (Å²) in [6.45, 7) is 6.64. The minimum absolute atomic E-state index is 0.0864. The van der Waals surface area contributed by atoms with Gasteiger partial charge < -0.3 is 19.2 Å². The summed E-state index contributed by atoms with van der Waals surface area (Å²) in [5, 5.41) is 7.63. The third-order valence-electron chi connectivity index (χ3n) is 4.97. The summed E-state index contributed by atoms with van der Waals surface area (Å²) in [6.07, 6.45) is 5.54. The molecule has 3 rings (SSSR count). The standard InChI is InChI=1S/C21H30N4O5/c1-3-18-23-17(14-30-18)21(27)29-13-6-9-16-15-8-5-11-28-12-7-10-22-20(26)19(15)25(4-2)24-16/h14H,3-13H2,1-2H3,(H,22,26). The molecule has 2 aromatic rings. The minimum Gasteiger partial charge on any atom is -0.461 e. The summed E-state index contributed by atoms with van der Waals surface area (Å²) in [5.41, 5.74) is 2.68. The molecule has 30 heavy (non-hydrogen) atoms. The quantitative estimate of drug-likeness (QED) is 0.543. The predicted octanol–water partition coefficient (Wildman–Crippen LogP) is 2.33. The molecule has 0 atom stereocenters. The van der Waals surface area contributed by atoms with Crippen molar-refractivity contribution < 1.29 is 23.5 Å². The van der Waals surface area contributed by atoms with E-state index in [4.69, 9.17) is 13.9 Å². The molecule has 3 heterocycles. The van der Waals surface area contributed by atoms with Crippen molar-refractivity contribution in [3.05, 3.63) is 34.8 Å². The van der Waals surface area contributed by atoms with Gasteiger partial charge in [0.15, 0.2) is 11.6 Å². The summed E-state index contributed by atoms with van der Waals surface area (Å²) in [5.74, 6) is -0.0690. The number of nitrogens with zero attached hydrogens (tertiary/aromatic N) is 3. The largest absolute Gasteiger partial charge is 0.461 e. The second-order valence-corrected chi connectivity index (χ2v) is 7.13. The SMILES string of the molecule is CCc1nc(C(=O)OCCCc2nn(CC)c3c2CCCOCCCNC3=O)co1. The third-order valence-corrected chi connectivity index (χ3v) is 4.97. The second-order valence-electron chi connectivity index (χ2n) is 7.13. The van der Waals surface area contributed by atoms with Crippen molar-refractivity contribution in [1.82, 2.24) is 20.1 Å². The number of oxazole rings is 1.